The summed E-state index contributed by atoms with van der Waals surface area (Å²) in [4.78, 5) is 0. The van der Waals surface area contributed by atoms with Crippen LogP contribution in [0.3, 0.4) is 0 Å². The second-order valence-corrected chi connectivity index (χ2v) is 5.95. The van der Waals surface area contributed by atoms with Gasteiger partial charge in [0.1, 0.15) is 5.75 Å². The monoisotopic (exact) mass is 270 g/mol. The predicted octanol–water partition coefficient (Wildman–Crippen LogP) is 3.99. The molecule has 1 aromatic carbocycles. The fourth-order valence-corrected chi connectivity index (χ4v) is 2.45. The standard InChI is InChI=1S/C14H22O3S/c1-10(2)8-14(11(3)4)12-6-5-7-13(9-12)17-18(15)16/h5-7,9-11,14H,8H2,1-4H3,(H,15,16). The van der Waals surface area contributed by atoms with Gasteiger partial charge in [-0.2, -0.15) is 4.21 Å². The Hall–Kier alpha value is -0.870. The Labute approximate surface area is 112 Å². The SMILES string of the molecule is CC(C)CC(c1cccc(OS(=O)O)c1)C(C)C. The predicted molar refractivity (Wildman–Crippen MR) is 74.9 cm³/mol. The highest BCUT2D eigenvalue weighted by atomic mass is 32.2. The first-order chi connectivity index (χ1) is 8.40. The van der Waals surface area contributed by atoms with Gasteiger partial charge in [0, 0.05) is 0 Å². The van der Waals surface area contributed by atoms with Crippen LogP contribution in [-0.2, 0) is 11.4 Å². The summed E-state index contributed by atoms with van der Waals surface area (Å²) in [6.07, 6.45) is 1.10. The molecule has 0 aliphatic rings. The van der Waals surface area contributed by atoms with Gasteiger partial charge in [0.2, 0.25) is 0 Å². The van der Waals surface area contributed by atoms with Crippen molar-refractivity contribution in [3.63, 3.8) is 0 Å². The molecule has 0 aliphatic carbocycles. The average Bonchev–Trinajstić information content (AvgIpc) is 2.24. The lowest BCUT2D eigenvalue weighted by Gasteiger charge is -2.23. The molecule has 3 nitrogen and oxygen atoms in total. The molecule has 0 fully saturated rings. The molecule has 18 heavy (non-hydrogen) atoms. The van der Waals surface area contributed by atoms with Gasteiger partial charge in [-0.3, -0.25) is 4.55 Å². The summed E-state index contributed by atoms with van der Waals surface area (Å²) in [5.74, 6) is 2.04. The van der Waals surface area contributed by atoms with Gasteiger partial charge in [-0.05, 0) is 41.9 Å². The highest BCUT2D eigenvalue weighted by Crippen LogP contribution is 2.32. The van der Waals surface area contributed by atoms with Crippen molar-refractivity contribution in [3.8, 4) is 5.75 Å². The number of hydrogen-bond donors (Lipinski definition) is 1. The average molecular weight is 270 g/mol. The van der Waals surface area contributed by atoms with Crippen molar-refractivity contribution in [2.45, 2.75) is 40.0 Å². The minimum absolute atomic E-state index is 0.445. The van der Waals surface area contributed by atoms with Crippen LogP contribution in [0, 0.1) is 11.8 Å². The fraction of sp³-hybridized carbons (Fsp3) is 0.571. The van der Waals surface area contributed by atoms with Crippen molar-refractivity contribution in [1.29, 1.82) is 0 Å². The van der Waals surface area contributed by atoms with Crippen LogP contribution in [-0.4, -0.2) is 8.76 Å². The van der Waals surface area contributed by atoms with Crippen LogP contribution >= 0.6 is 0 Å². The lowest BCUT2D eigenvalue weighted by Crippen LogP contribution is -2.10. The molecule has 0 amide bonds. The summed E-state index contributed by atoms with van der Waals surface area (Å²) in [5, 5.41) is 0. The van der Waals surface area contributed by atoms with Crippen LogP contribution in [0.2, 0.25) is 0 Å². The molecule has 2 atom stereocenters. The van der Waals surface area contributed by atoms with E-state index in [1.807, 2.05) is 12.1 Å². The lowest BCUT2D eigenvalue weighted by molar-refractivity contribution is 0.406. The molecule has 1 rings (SSSR count). The summed E-state index contributed by atoms with van der Waals surface area (Å²) in [5.41, 5.74) is 1.17. The summed E-state index contributed by atoms with van der Waals surface area (Å²) in [7, 11) is 0. The Morgan fingerprint density at radius 3 is 2.44 bits per heavy atom. The highest BCUT2D eigenvalue weighted by Gasteiger charge is 2.18. The first kappa shape index (κ1) is 15.2. The van der Waals surface area contributed by atoms with Crippen molar-refractivity contribution < 1.29 is 12.9 Å². The van der Waals surface area contributed by atoms with Gasteiger partial charge < -0.3 is 4.18 Å². The molecule has 0 saturated heterocycles. The molecule has 0 aromatic heterocycles. The Morgan fingerprint density at radius 2 is 1.94 bits per heavy atom. The Kier molecular flexibility index (Phi) is 5.82. The lowest BCUT2D eigenvalue weighted by atomic mass is 9.82. The summed E-state index contributed by atoms with van der Waals surface area (Å²) in [6.45, 7) is 8.81. The zero-order chi connectivity index (χ0) is 13.7. The second-order valence-electron chi connectivity index (χ2n) is 5.35. The fourth-order valence-electron chi connectivity index (χ4n) is 2.18. The van der Waals surface area contributed by atoms with E-state index in [1.165, 1.54) is 5.56 Å². The van der Waals surface area contributed by atoms with E-state index < -0.39 is 11.4 Å². The van der Waals surface area contributed by atoms with Gasteiger partial charge in [-0.25, -0.2) is 0 Å². The van der Waals surface area contributed by atoms with Crippen LogP contribution in [0.1, 0.15) is 45.6 Å². The maximum absolute atomic E-state index is 10.7. The van der Waals surface area contributed by atoms with Crippen molar-refractivity contribution in [2.75, 3.05) is 0 Å². The van der Waals surface area contributed by atoms with Crippen molar-refractivity contribution >= 4 is 11.4 Å². The minimum Gasteiger partial charge on any atom is -0.380 e. The molecule has 0 saturated carbocycles. The topological polar surface area (TPSA) is 46.5 Å². The van der Waals surface area contributed by atoms with Gasteiger partial charge >= 0.3 is 11.4 Å². The number of benzene rings is 1. The van der Waals surface area contributed by atoms with E-state index in [-0.39, 0.29) is 0 Å². The Morgan fingerprint density at radius 1 is 1.28 bits per heavy atom. The molecule has 102 valence electrons. The van der Waals surface area contributed by atoms with Crippen LogP contribution < -0.4 is 4.18 Å². The van der Waals surface area contributed by atoms with E-state index in [0.717, 1.165) is 6.42 Å². The van der Waals surface area contributed by atoms with E-state index >= 15 is 0 Å². The molecule has 0 aliphatic heterocycles. The van der Waals surface area contributed by atoms with Crippen LogP contribution in [0.25, 0.3) is 0 Å². The molecule has 0 radical (unpaired) electrons. The number of rotatable bonds is 6. The van der Waals surface area contributed by atoms with Crippen LogP contribution in [0.5, 0.6) is 5.75 Å². The van der Waals surface area contributed by atoms with Crippen LogP contribution in [0.4, 0.5) is 0 Å². The van der Waals surface area contributed by atoms with E-state index in [2.05, 4.69) is 33.8 Å². The van der Waals surface area contributed by atoms with Crippen molar-refractivity contribution in [2.24, 2.45) is 11.8 Å². The maximum atomic E-state index is 10.7. The molecule has 4 heteroatoms. The van der Waals surface area contributed by atoms with Crippen molar-refractivity contribution in [3.05, 3.63) is 29.8 Å². The van der Waals surface area contributed by atoms with Crippen molar-refractivity contribution in [1.82, 2.24) is 0 Å². The van der Waals surface area contributed by atoms with E-state index in [9.17, 15) is 4.21 Å². The van der Waals surface area contributed by atoms with Gasteiger partial charge in [-0.1, -0.05) is 39.8 Å². The zero-order valence-electron chi connectivity index (χ0n) is 11.4. The smallest absolute Gasteiger partial charge is 0.357 e. The molecule has 0 heterocycles. The van der Waals surface area contributed by atoms with Gasteiger partial charge in [-0.15, -0.1) is 0 Å². The summed E-state index contributed by atoms with van der Waals surface area (Å²) >= 11 is -2.26. The first-order valence-electron chi connectivity index (χ1n) is 6.29. The second kappa shape index (κ2) is 6.90. The maximum Gasteiger partial charge on any atom is 0.357 e. The zero-order valence-corrected chi connectivity index (χ0v) is 12.2. The van der Waals surface area contributed by atoms with Gasteiger partial charge in [0.25, 0.3) is 0 Å². The quantitative estimate of drug-likeness (QED) is 0.795. The molecule has 1 N–H and O–H groups in total. The third kappa shape index (κ3) is 4.78. The first-order valence-corrected chi connectivity index (χ1v) is 7.32. The molecular weight excluding hydrogens is 248 g/mol. The Bertz CT molecular complexity index is 402. The van der Waals surface area contributed by atoms with Gasteiger partial charge in [0.15, 0.2) is 0 Å². The van der Waals surface area contributed by atoms with E-state index in [1.54, 1.807) is 6.07 Å². The third-order valence-electron chi connectivity index (χ3n) is 2.98. The van der Waals surface area contributed by atoms with Gasteiger partial charge in [0.05, 0.1) is 0 Å². The van der Waals surface area contributed by atoms with E-state index in [4.69, 9.17) is 8.74 Å². The molecule has 0 spiro atoms. The third-order valence-corrected chi connectivity index (χ3v) is 3.32. The Balaban J connectivity index is 2.94. The molecule has 0 bridgehead atoms. The number of hydrogen-bond acceptors (Lipinski definition) is 2. The van der Waals surface area contributed by atoms with Crippen LogP contribution in [0.15, 0.2) is 24.3 Å². The molecule has 2 unspecified atom stereocenters. The summed E-state index contributed by atoms with van der Waals surface area (Å²) in [6, 6.07) is 7.49. The molecule has 1 aromatic rings. The minimum atomic E-state index is -2.26. The molecular formula is C14H22O3S. The highest BCUT2D eigenvalue weighted by molar-refractivity contribution is 7.74. The summed E-state index contributed by atoms with van der Waals surface area (Å²) < 4.78 is 24.2. The van der Waals surface area contributed by atoms with E-state index in [0.29, 0.717) is 23.5 Å². The normalized spacial score (nSPS) is 14.8. The largest absolute Gasteiger partial charge is 0.380 e.